The van der Waals surface area contributed by atoms with Crippen LogP contribution in [0.3, 0.4) is 0 Å². The molecule has 5 nitrogen and oxygen atoms in total. The van der Waals surface area contributed by atoms with E-state index < -0.39 is 6.16 Å². The lowest BCUT2D eigenvalue weighted by Crippen LogP contribution is -2.11. The van der Waals surface area contributed by atoms with Gasteiger partial charge in [-0.3, -0.25) is 0 Å². The molecule has 0 aromatic carbocycles. The van der Waals surface area contributed by atoms with Gasteiger partial charge in [-0.2, -0.15) is 4.37 Å². The Morgan fingerprint density at radius 1 is 1.40 bits per heavy atom. The van der Waals surface area contributed by atoms with E-state index in [-0.39, 0.29) is 10.9 Å². The van der Waals surface area contributed by atoms with Crippen molar-refractivity contribution in [3.05, 3.63) is 10.4 Å². The predicted molar refractivity (Wildman–Crippen MR) is 58.6 cm³/mol. The van der Waals surface area contributed by atoms with Crippen LogP contribution in [0.5, 0.6) is 5.88 Å². The molecule has 0 aliphatic rings. The molecule has 1 aromatic heterocycles. The first-order valence-electron chi connectivity index (χ1n) is 3.90. The largest absolute Gasteiger partial charge is 0.514 e. The van der Waals surface area contributed by atoms with E-state index in [1.54, 1.807) is 0 Å². The minimum Gasteiger partial charge on any atom is -0.486 e. The fourth-order valence-corrected chi connectivity index (χ4v) is 1.80. The first kappa shape index (κ1) is 11.9. The second-order valence-electron chi connectivity index (χ2n) is 2.47. The average molecular weight is 247 g/mol. The van der Waals surface area contributed by atoms with Gasteiger partial charge in [-0.25, -0.2) is 4.79 Å². The van der Waals surface area contributed by atoms with E-state index in [2.05, 4.69) is 9.11 Å². The van der Waals surface area contributed by atoms with Gasteiger partial charge in [0, 0.05) is 4.88 Å². The molecule has 82 valence electrons. The number of carbonyl (C=O) groups excluding carboxylic acids is 1. The van der Waals surface area contributed by atoms with Gasteiger partial charge >= 0.3 is 6.16 Å². The van der Waals surface area contributed by atoms with Crippen molar-refractivity contribution in [3.8, 4) is 5.88 Å². The fraction of sp³-hybridized carbons (Fsp3) is 0.375. The van der Waals surface area contributed by atoms with Crippen molar-refractivity contribution >= 4 is 35.0 Å². The van der Waals surface area contributed by atoms with Crippen molar-refractivity contribution < 1.29 is 19.0 Å². The third-order valence-electron chi connectivity index (χ3n) is 1.57. The van der Waals surface area contributed by atoms with Crippen LogP contribution < -0.4 is 4.74 Å². The van der Waals surface area contributed by atoms with Crippen LogP contribution in [-0.2, 0) is 9.47 Å². The number of nitrogens with zero attached hydrogens (tertiary/aromatic N) is 1. The van der Waals surface area contributed by atoms with Gasteiger partial charge in [0.1, 0.15) is 5.56 Å². The van der Waals surface area contributed by atoms with Crippen LogP contribution in [0.25, 0.3) is 0 Å². The van der Waals surface area contributed by atoms with Crippen LogP contribution in [-0.4, -0.2) is 29.8 Å². The zero-order valence-corrected chi connectivity index (χ0v) is 10.0. The maximum atomic E-state index is 10.9. The summed E-state index contributed by atoms with van der Waals surface area (Å²) in [6, 6.07) is 0. The second kappa shape index (κ2) is 5.04. The summed E-state index contributed by atoms with van der Waals surface area (Å²) in [6.45, 7) is 1.81. The highest BCUT2D eigenvalue weighted by Gasteiger charge is 2.19. The highest BCUT2D eigenvalue weighted by molar-refractivity contribution is 7.80. The van der Waals surface area contributed by atoms with E-state index in [1.165, 1.54) is 25.8 Å². The molecule has 0 radical (unpaired) electrons. The van der Waals surface area contributed by atoms with E-state index in [0.717, 1.165) is 4.88 Å². The van der Waals surface area contributed by atoms with Gasteiger partial charge in [-0.1, -0.05) is 0 Å². The number of carbonyl (C=O) groups is 1. The molecule has 0 amide bonds. The number of ether oxygens (including phenoxy) is 3. The van der Waals surface area contributed by atoms with Gasteiger partial charge in [-0.05, 0) is 30.7 Å². The Kier molecular flexibility index (Phi) is 3.98. The minimum atomic E-state index is -0.833. The lowest BCUT2D eigenvalue weighted by atomic mass is 10.3. The Balaban J connectivity index is 2.98. The summed E-state index contributed by atoms with van der Waals surface area (Å²) in [5.41, 5.74) is 0.517. The summed E-state index contributed by atoms with van der Waals surface area (Å²) in [5.74, 6) is 0.121. The van der Waals surface area contributed by atoms with Crippen molar-refractivity contribution in [3.63, 3.8) is 0 Å². The smallest absolute Gasteiger partial charge is 0.486 e. The molecule has 0 saturated carbocycles. The summed E-state index contributed by atoms with van der Waals surface area (Å²) in [7, 11) is 2.66. The fourth-order valence-electron chi connectivity index (χ4n) is 0.875. The van der Waals surface area contributed by atoms with E-state index in [1.807, 2.05) is 6.92 Å². The van der Waals surface area contributed by atoms with Gasteiger partial charge in [0.25, 0.3) is 0 Å². The van der Waals surface area contributed by atoms with Gasteiger partial charge in [-0.15, -0.1) is 0 Å². The van der Waals surface area contributed by atoms with Crippen molar-refractivity contribution in [1.82, 2.24) is 4.37 Å². The Bertz CT molecular complexity index is 388. The summed E-state index contributed by atoms with van der Waals surface area (Å²) in [6.07, 6.45) is -0.833. The van der Waals surface area contributed by atoms with E-state index in [9.17, 15) is 4.79 Å². The number of aromatic nitrogens is 1. The molecular formula is C8H9NO4S2. The van der Waals surface area contributed by atoms with Gasteiger partial charge < -0.3 is 14.2 Å². The molecule has 0 unspecified atom stereocenters. The van der Waals surface area contributed by atoms with Crippen LogP contribution in [0.2, 0.25) is 0 Å². The molecule has 1 rings (SSSR count). The third kappa shape index (κ3) is 2.63. The summed E-state index contributed by atoms with van der Waals surface area (Å²) < 4.78 is 18.0. The Hall–Kier alpha value is -1.21. The molecule has 1 heterocycles. The van der Waals surface area contributed by atoms with Gasteiger partial charge in [0.15, 0.2) is 5.05 Å². The highest BCUT2D eigenvalue weighted by Crippen LogP contribution is 2.26. The van der Waals surface area contributed by atoms with E-state index in [4.69, 9.17) is 21.7 Å². The first-order chi connectivity index (χ1) is 7.10. The SMILES string of the molecule is COC(=O)Oc1nsc(C)c1C(=S)OC. The summed E-state index contributed by atoms with van der Waals surface area (Å²) in [5, 5.41) is 0.236. The predicted octanol–water partition coefficient (Wildman–Crippen LogP) is 1.92. The number of rotatable bonds is 2. The number of methoxy groups -OCH3 is 2. The number of hydrogen-bond donors (Lipinski definition) is 0. The third-order valence-corrected chi connectivity index (χ3v) is 2.67. The van der Waals surface area contributed by atoms with Crippen LogP contribution in [0.15, 0.2) is 0 Å². The molecule has 0 spiro atoms. The van der Waals surface area contributed by atoms with Crippen LogP contribution in [0.4, 0.5) is 4.79 Å². The molecule has 0 saturated heterocycles. The minimum absolute atomic E-state index is 0.121. The second-order valence-corrected chi connectivity index (χ2v) is 3.81. The first-order valence-corrected chi connectivity index (χ1v) is 5.08. The van der Waals surface area contributed by atoms with Crippen molar-refractivity contribution in [2.24, 2.45) is 0 Å². The van der Waals surface area contributed by atoms with E-state index >= 15 is 0 Å². The monoisotopic (exact) mass is 247 g/mol. The molecule has 0 bridgehead atoms. The summed E-state index contributed by atoms with van der Waals surface area (Å²) >= 11 is 6.13. The molecule has 0 aliphatic heterocycles. The summed E-state index contributed by atoms with van der Waals surface area (Å²) in [4.78, 5) is 11.7. The molecule has 15 heavy (non-hydrogen) atoms. The zero-order chi connectivity index (χ0) is 11.4. The van der Waals surface area contributed by atoms with Crippen LogP contribution in [0, 0.1) is 6.92 Å². The van der Waals surface area contributed by atoms with Crippen molar-refractivity contribution in [2.45, 2.75) is 6.92 Å². The molecule has 0 atom stereocenters. The zero-order valence-electron chi connectivity index (χ0n) is 8.40. The molecule has 0 aliphatic carbocycles. The molecule has 0 N–H and O–H groups in total. The van der Waals surface area contributed by atoms with Gasteiger partial charge in [0.05, 0.1) is 14.2 Å². The topological polar surface area (TPSA) is 57.7 Å². The van der Waals surface area contributed by atoms with E-state index in [0.29, 0.717) is 5.56 Å². The van der Waals surface area contributed by atoms with Crippen molar-refractivity contribution in [2.75, 3.05) is 14.2 Å². The normalized spacial score (nSPS) is 9.53. The number of thiocarbonyl (C=S) groups is 1. The lowest BCUT2D eigenvalue weighted by Gasteiger charge is -2.04. The standard InChI is InChI=1S/C8H9NO4S2/c1-4-5(7(14)11-2)6(9-15-4)13-8(10)12-3/h1-3H3. The quantitative estimate of drug-likeness (QED) is 0.588. The number of aryl methyl sites for hydroxylation is 1. The average Bonchev–Trinajstić information content (AvgIpc) is 2.58. The molecule has 7 heteroatoms. The Labute approximate surface area is 96.1 Å². The highest BCUT2D eigenvalue weighted by atomic mass is 32.1. The maximum Gasteiger partial charge on any atom is 0.514 e. The van der Waals surface area contributed by atoms with Crippen LogP contribution in [0.1, 0.15) is 10.4 Å². The number of hydrogen-bond acceptors (Lipinski definition) is 7. The lowest BCUT2D eigenvalue weighted by molar-refractivity contribution is 0.120. The Morgan fingerprint density at radius 3 is 2.60 bits per heavy atom. The molecule has 1 aromatic rings. The molecular weight excluding hydrogens is 238 g/mol. The molecule has 0 fully saturated rings. The van der Waals surface area contributed by atoms with Crippen LogP contribution >= 0.6 is 23.8 Å². The van der Waals surface area contributed by atoms with Gasteiger partial charge in [0.2, 0.25) is 5.88 Å². The Morgan fingerprint density at radius 2 is 2.07 bits per heavy atom. The van der Waals surface area contributed by atoms with Crippen molar-refractivity contribution in [1.29, 1.82) is 0 Å². The maximum absolute atomic E-state index is 10.9.